The van der Waals surface area contributed by atoms with Crippen LogP contribution >= 0.6 is 15.9 Å². The molecule has 1 aliphatic rings. The van der Waals surface area contributed by atoms with Crippen LogP contribution < -0.4 is 5.73 Å². The van der Waals surface area contributed by atoms with Crippen molar-refractivity contribution in [3.05, 3.63) is 46.6 Å². The Balaban J connectivity index is 1.71. The molecule has 19 heavy (non-hydrogen) atoms. The molecule has 0 aliphatic carbocycles. The van der Waals surface area contributed by atoms with Crippen molar-refractivity contribution >= 4 is 15.9 Å². The summed E-state index contributed by atoms with van der Waals surface area (Å²) in [5.74, 6) is 1.93. The second-order valence-electron chi connectivity index (χ2n) is 5.06. The number of hydrogen-bond acceptors (Lipinski definition) is 3. The number of likely N-dealkylation sites (tertiary alicyclic amines) is 1. The number of furan rings is 1. The lowest BCUT2D eigenvalue weighted by atomic mass is 10.2. The summed E-state index contributed by atoms with van der Waals surface area (Å²) in [5.41, 5.74) is 7.02. The molecule has 2 N–H and O–H groups in total. The van der Waals surface area contributed by atoms with E-state index in [2.05, 4.69) is 39.0 Å². The lowest BCUT2D eigenvalue weighted by Gasteiger charge is -2.12. The Morgan fingerprint density at radius 2 is 2.00 bits per heavy atom. The minimum absolute atomic E-state index is 0.320. The SMILES string of the molecule is N[C@@H]1CCN(Cc2ccc(-c3ccc(Br)cc3)o2)C1. The minimum atomic E-state index is 0.320. The normalized spacial score (nSPS) is 20.0. The zero-order valence-corrected chi connectivity index (χ0v) is 12.3. The predicted molar refractivity (Wildman–Crippen MR) is 79.7 cm³/mol. The zero-order chi connectivity index (χ0) is 13.2. The Kier molecular flexibility index (Phi) is 3.73. The van der Waals surface area contributed by atoms with Crippen molar-refractivity contribution in [2.24, 2.45) is 5.73 Å². The van der Waals surface area contributed by atoms with Gasteiger partial charge in [-0.1, -0.05) is 28.1 Å². The lowest BCUT2D eigenvalue weighted by molar-refractivity contribution is 0.296. The van der Waals surface area contributed by atoms with Crippen LogP contribution in [-0.4, -0.2) is 24.0 Å². The Hall–Kier alpha value is -1.10. The van der Waals surface area contributed by atoms with Crippen LogP contribution in [0.15, 0.2) is 45.3 Å². The third-order valence-electron chi connectivity index (χ3n) is 3.48. The molecule has 3 nitrogen and oxygen atoms in total. The molecule has 1 aliphatic heterocycles. The summed E-state index contributed by atoms with van der Waals surface area (Å²) in [5, 5.41) is 0. The first-order chi connectivity index (χ1) is 9.20. The molecule has 1 saturated heterocycles. The third-order valence-corrected chi connectivity index (χ3v) is 4.01. The summed E-state index contributed by atoms with van der Waals surface area (Å²) in [4.78, 5) is 2.34. The summed E-state index contributed by atoms with van der Waals surface area (Å²) in [6, 6.07) is 12.6. The van der Waals surface area contributed by atoms with Crippen LogP contribution in [0.25, 0.3) is 11.3 Å². The van der Waals surface area contributed by atoms with E-state index in [9.17, 15) is 0 Å². The molecule has 2 aromatic rings. The van der Waals surface area contributed by atoms with Gasteiger partial charge in [0, 0.05) is 29.2 Å². The summed E-state index contributed by atoms with van der Waals surface area (Å²) in [6.45, 7) is 2.88. The molecule has 1 aromatic heterocycles. The van der Waals surface area contributed by atoms with Gasteiger partial charge in [-0.15, -0.1) is 0 Å². The molecule has 0 radical (unpaired) electrons. The fourth-order valence-corrected chi connectivity index (χ4v) is 2.72. The molecule has 0 unspecified atom stereocenters. The van der Waals surface area contributed by atoms with Crippen molar-refractivity contribution in [2.45, 2.75) is 19.0 Å². The molecule has 100 valence electrons. The van der Waals surface area contributed by atoms with Crippen molar-refractivity contribution in [3.63, 3.8) is 0 Å². The summed E-state index contributed by atoms with van der Waals surface area (Å²) < 4.78 is 6.99. The van der Waals surface area contributed by atoms with Gasteiger partial charge in [-0.25, -0.2) is 0 Å². The van der Waals surface area contributed by atoms with Gasteiger partial charge in [0.25, 0.3) is 0 Å². The molecule has 0 spiro atoms. The zero-order valence-electron chi connectivity index (χ0n) is 10.7. The average molecular weight is 321 g/mol. The van der Waals surface area contributed by atoms with Crippen LogP contribution in [0.3, 0.4) is 0 Å². The molecule has 0 bridgehead atoms. The highest BCUT2D eigenvalue weighted by Gasteiger charge is 2.20. The maximum Gasteiger partial charge on any atom is 0.134 e. The highest BCUT2D eigenvalue weighted by Crippen LogP contribution is 2.25. The van der Waals surface area contributed by atoms with Crippen molar-refractivity contribution in [1.82, 2.24) is 4.90 Å². The second kappa shape index (κ2) is 5.49. The molecule has 0 saturated carbocycles. The number of halogens is 1. The van der Waals surface area contributed by atoms with E-state index in [1.165, 1.54) is 0 Å². The highest BCUT2D eigenvalue weighted by molar-refractivity contribution is 9.10. The van der Waals surface area contributed by atoms with Gasteiger partial charge in [-0.2, -0.15) is 0 Å². The van der Waals surface area contributed by atoms with Gasteiger partial charge in [0.1, 0.15) is 11.5 Å². The topological polar surface area (TPSA) is 42.4 Å². The van der Waals surface area contributed by atoms with E-state index < -0.39 is 0 Å². The van der Waals surface area contributed by atoms with Gasteiger partial charge in [0.2, 0.25) is 0 Å². The Bertz CT molecular complexity index is 550. The van der Waals surface area contributed by atoms with E-state index in [4.69, 9.17) is 10.2 Å². The number of nitrogens with zero attached hydrogens (tertiary/aromatic N) is 1. The first-order valence-electron chi connectivity index (χ1n) is 6.53. The second-order valence-corrected chi connectivity index (χ2v) is 5.97. The molecular weight excluding hydrogens is 304 g/mol. The van der Waals surface area contributed by atoms with Crippen molar-refractivity contribution in [1.29, 1.82) is 0 Å². The summed E-state index contributed by atoms with van der Waals surface area (Å²) in [6.07, 6.45) is 1.08. The molecule has 0 amide bonds. The molecule has 3 rings (SSSR count). The van der Waals surface area contributed by atoms with E-state index in [1.54, 1.807) is 0 Å². The van der Waals surface area contributed by atoms with Crippen molar-refractivity contribution in [3.8, 4) is 11.3 Å². The quantitative estimate of drug-likeness (QED) is 0.944. The van der Waals surface area contributed by atoms with Gasteiger partial charge in [-0.05, 0) is 30.7 Å². The lowest BCUT2D eigenvalue weighted by Crippen LogP contribution is -2.26. The number of nitrogens with two attached hydrogens (primary N) is 1. The number of rotatable bonds is 3. The highest BCUT2D eigenvalue weighted by atomic mass is 79.9. The van der Waals surface area contributed by atoms with Crippen molar-refractivity contribution in [2.75, 3.05) is 13.1 Å². The molecule has 1 aromatic carbocycles. The van der Waals surface area contributed by atoms with Crippen LogP contribution in [0.2, 0.25) is 0 Å². The van der Waals surface area contributed by atoms with Gasteiger partial charge >= 0.3 is 0 Å². The van der Waals surface area contributed by atoms with Gasteiger partial charge in [-0.3, -0.25) is 4.90 Å². The minimum Gasteiger partial charge on any atom is -0.460 e. The largest absolute Gasteiger partial charge is 0.460 e. The van der Waals surface area contributed by atoms with E-state index in [0.29, 0.717) is 6.04 Å². The first kappa shape index (κ1) is 12.9. The maximum atomic E-state index is 5.91. The average Bonchev–Trinajstić information content (AvgIpc) is 3.00. The fourth-order valence-electron chi connectivity index (χ4n) is 2.46. The van der Waals surface area contributed by atoms with E-state index in [-0.39, 0.29) is 0 Å². The molecule has 4 heteroatoms. The first-order valence-corrected chi connectivity index (χ1v) is 7.32. The molecule has 1 fully saturated rings. The smallest absolute Gasteiger partial charge is 0.134 e. The van der Waals surface area contributed by atoms with Crippen molar-refractivity contribution < 1.29 is 4.42 Å². The predicted octanol–water partition coefficient (Wildman–Crippen LogP) is 3.24. The van der Waals surface area contributed by atoms with Gasteiger partial charge in [0.05, 0.1) is 6.54 Å². The van der Waals surface area contributed by atoms with E-state index in [0.717, 1.165) is 47.6 Å². The Labute approximate surface area is 121 Å². The summed E-state index contributed by atoms with van der Waals surface area (Å²) in [7, 11) is 0. The number of benzene rings is 1. The fraction of sp³-hybridized carbons (Fsp3) is 0.333. The Morgan fingerprint density at radius 3 is 2.68 bits per heavy atom. The molecule has 2 heterocycles. The van der Waals surface area contributed by atoms with Crippen LogP contribution in [0, 0.1) is 0 Å². The Morgan fingerprint density at radius 1 is 1.21 bits per heavy atom. The van der Waals surface area contributed by atoms with Gasteiger partial charge in [0.15, 0.2) is 0 Å². The maximum absolute atomic E-state index is 5.91. The third kappa shape index (κ3) is 3.08. The van der Waals surface area contributed by atoms with E-state index in [1.807, 2.05) is 18.2 Å². The van der Waals surface area contributed by atoms with Gasteiger partial charge < -0.3 is 10.2 Å². The molecular formula is C15H17BrN2O. The monoisotopic (exact) mass is 320 g/mol. The van der Waals surface area contributed by atoms with Crippen LogP contribution in [-0.2, 0) is 6.54 Å². The molecule has 1 atom stereocenters. The van der Waals surface area contributed by atoms with Crippen LogP contribution in [0.1, 0.15) is 12.2 Å². The summed E-state index contributed by atoms with van der Waals surface area (Å²) >= 11 is 3.44. The van der Waals surface area contributed by atoms with Crippen LogP contribution in [0.4, 0.5) is 0 Å². The number of hydrogen-bond donors (Lipinski definition) is 1. The standard InChI is InChI=1S/C15H17BrN2O/c16-12-3-1-11(2-4-12)15-6-5-14(19-15)10-18-8-7-13(17)9-18/h1-6,13H,7-10,17H2/t13-/m1/s1. The van der Waals surface area contributed by atoms with Crippen LogP contribution in [0.5, 0.6) is 0 Å². The van der Waals surface area contributed by atoms with E-state index >= 15 is 0 Å².